The minimum Gasteiger partial charge on any atom is -0.469 e. The van der Waals surface area contributed by atoms with E-state index < -0.39 is 0 Å². The number of carbonyl (C=O) groups is 2. The Morgan fingerprint density at radius 2 is 1.64 bits per heavy atom. The predicted octanol–water partition coefficient (Wildman–Crippen LogP) is 7.34. The summed E-state index contributed by atoms with van der Waals surface area (Å²) in [7, 11) is 1.49. The molecule has 2 bridgehead atoms. The molecule has 0 unspecified atom stereocenters. The van der Waals surface area contributed by atoms with Crippen molar-refractivity contribution in [1.29, 1.82) is 0 Å². The maximum atomic E-state index is 13.4. The molecule has 0 saturated heterocycles. The van der Waals surface area contributed by atoms with Crippen LogP contribution >= 0.6 is 0 Å². The molecule has 4 saturated carbocycles. The zero-order valence-corrected chi connectivity index (χ0v) is 22.5. The van der Waals surface area contributed by atoms with Crippen molar-refractivity contribution in [2.75, 3.05) is 12.4 Å². The first-order valence-corrected chi connectivity index (χ1v) is 13.9. The van der Waals surface area contributed by atoms with E-state index in [0.717, 1.165) is 66.6 Å². The van der Waals surface area contributed by atoms with Crippen molar-refractivity contribution in [1.82, 2.24) is 4.98 Å². The molecule has 0 aliphatic heterocycles. The Kier molecular flexibility index (Phi) is 6.63. The molecule has 4 fully saturated rings. The Balaban J connectivity index is 1.24. The Bertz CT molecular complexity index is 1120. The number of aromatic nitrogens is 1. The van der Waals surface area contributed by atoms with Crippen LogP contribution in [-0.4, -0.2) is 29.9 Å². The number of rotatable bonds is 6. The van der Waals surface area contributed by atoms with Crippen LogP contribution in [0.1, 0.15) is 102 Å². The average molecular weight is 491 g/mol. The number of esters is 1. The van der Waals surface area contributed by atoms with Gasteiger partial charge in [-0.25, -0.2) is 4.98 Å². The van der Waals surface area contributed by atoms with Gasteiger partial charge in [0, 0.05) is 29.6 Å². The highest BCUT2D eigenvalue weighted by Crippen LogP contribution is 2.59. The first-order chi connectivity index (χ1) is 17.1. The minimum absolute atomic E-state index is 0.0403. The molecule has 5 heteroatoms. The van der Waals surface area contributed by atoms with E-state index in [9.17, 15) is 9.59 Å². The average Bonchev–Trinajstić information content (AvgIpc) is 2.88. The lowest BCUT2D eigenvalue weighted by Gasteiger charge is -2.51. The standard InChI is InChI=1S/C31H42N2O3/c1-29(2,3)24-7-9-25(10-8-24)33-27-18-23-17-21(5-6-22(23)20-32-27)26(34)19-30-11-14-31(15-12-30,16-13-30)28(35)36-4/h5-6,17-18,20,24-25H,7-16,19H2,1-4H3,(H,32,33). The predicted molar refractivity (Wildman–Crippen MR) is 144 cm³/mol. The second-order valence-corrected chi connectivity index (χ2v) is 13.1. The van der Waals surface area contributed by atoms with E-state index >= 15 is 0 Å². The van der Waals surface area contributed by atoms with Gasteiger partial charge in [-0.15, -0.1) is 0 Å². The fourth-order valence-electron chi connectivity index (χ4n) is 7.20. The van der Waals surface area contributed by atoms with Crippen molar-refractivity contribution in [2.24, 2.45) is 22.2 Å². The Labute approximate surface area is 215 Å². The maximum absolute atomic E-state index is 13.4. The molecule has 2 aromatic rings. The highest BCUT2D eigenvalue weighted by molar-refractivity contribution is 6.00. The van der Waals surface area contributed by atoms with Crippen molar-refractivity contribution < 1.29 is 14.3 Å². The van der Waals surface area contributed by atoms with E-state index in [4.69, 9.17) is 4.74 Å². The van der Waals surface area contributed by atoms with E-state index in [-0.39, 0.29) is 22.6 Å². The lowest BCUT2D eigenvalue weighted by Crippen LogP contribution is -2.47. The molecule has 6 rings (SSSR count). The SMILES string of the molecule is COC(=O)C12CCC(CC(=O)c3ccc4cnc(NC5CCC(C(C)(C)C)CC5)cc4c3)(CC1)CC2. The molecule has 36 heavy (non-hydrogen) atoms. The highest BCUT2D eigenvalue weighted by Gasteiger charge is 2.53. The molecule has 1 aromatic carbocycles. The van der Waals surface area contributed by atoms with Crippen LogP contribution in [0, 0.1) is 22.2 Å². The van der Waals surface area contributed by atoms with Crippen molar-refractivity contribution in [3.8, 4) is 0 Å². The maximum Gasteiger partial charge on any atom is 0.311 e. The van der Waals surface area contributed by atoms with Crippen LogP contribution in [0.5, 0.6) is 0 Å². The molecule has 4 aliphatic rings. The monoisotopic (exact) mass is 490 g/mol. The molecule has 5 nitrogen and oxygen atoms in total. The summed E-state index contributed by atoms with van der Waals surface area (Å²) >= 11 is 0. The Morgan fingerprint density at radius 3 is 2.25 bits per heavy atom. The fraction of sp³-hybridized carbons (Fsp3) is 0.645. The number of methoxy groups -OCH3 is 1. The Morgan fingerprint density at radius 1 is 0.972 bits per heavy atom. The number of nitrogens with one attached hydrogen (secondary N) is 1. The first-order valence-electron chi connectivity index (χ1n) is 13.9. The summed E-state index contributed by atoms with van der Waals surface area (Å²) in [6, 6.07) is 8.59. The molecule has 4 aliphatic carbocycles. The van der Waals surface area contributed by atoms with Gasteiger partial charge < -0.3 is 10.1 Å². The summed E-state index contributed by atoms with van der Waals surface area (Å²) in [4.78, 5) is 30.4. The van der Waals surface area contributed by atoms with E-state index in [2.05, 4.69) is 37.1 Å². The number of ether oxygens (including phenoxy) is 1. The van der Waals surface area contributed by atoms with Gasteiger partial charge >= 0.3 is 5.97 Å². The number of fused-ring (bicyclic) bond motifs is 4. The van der Waals surface area contributed by atoms with Crippen molar-refractivity contribution in [3.05, 3.63) is 36.0 Å². The van der Waals surface area contributed by atoms with Crippen LogP contribution in [0.4, 0.5) is 5.82 Å². The quantitative estimate of drug-likeness (QED) is 0.339. The number of carbonyl (C=O) groups excluding carboxylic acids is 2. The molecule has 1 N–H and O–H groups in total. The summed E-state index contributed by atoms with van der Waals surface area (Å²) in [5.74, 6) is 1.86. The lowest BCUT2D eigenvalue weighted by atomic mass is 9.52. The van der Waals surface area contributed by atoms with Crippen LogP contribution in [-0.2, 0) is 9.53 Å². The number of Topliss-reactive ketones (excluding diaryl/α,β-unsaturated/α-hetero) is 1. The van der Waals surface area contributed by atoms with Crippen LogP contribution in [0.15, 0.2) is 30.5 Å². The molecule has 0 atom stereocenters. The van der Waals surface area contributed by atoms with E-state index in [1.807, 2.05) is 24.4 Å². The topological polar surface area (TPSA) is 68.3 Å². The molecule has 0 radical (unpaired) electrons. The second kappa shape index (κ2) is 9.46. The molecule has 194 valence electrons. The van der Waals surface area contributed by atoms with Gasteiger partial charge in [-0.3, -0.25) is 9.59 Å². The van der Waals surface area contributed by atoms with Crippen molar-refractivity contribution in [2.45, 2.75) is 97.4 Å². The molecule has 1 heterocycles. The van der Waals surface area contributed by atoms with E-state index in [1.54, 1.807) is 0 Å². The van der Waals surface area contributed by atoms with Gasteiger partial charge in [0.15, 0.2) is 5.78 Å². The summed E-state index contributed by atoms with van der Waals surface area (Å²) in [5, 5.41) is 5.79. The first kappa shape index (κ1) is 25.2. The number of hydrogen-bond donors (Lipinski definition) is 1. The molecule has 1 aromatic heterocycles. The van der Waals surface area contributed by atoms with Gasteiger partial charge in [0.25, 0.3) is 0 Å². The molecule has 0 amide bonds. The third kappa shape index (κ3) is 4.90. The van der Waals surface area contributed by atoms with Gasteiger partial charge in [0.1, 0.15) is 5.82 Å². The number of benzene rings is 1. The van der Waals surface area contributed by atoms with Gasteiger partial charge in [0.2, 0.25) is 0 Å². The summed E-state index contributed by atoms with van der Waals surface area (Å²) < 4.78 is 5.09. The second-order valence-electron chi connectivity index (χ2n) is 13.1. The van der Waals surface area contributed by atoms with Gasteiger partial charge in [-0.1, -0.05) is 32.9 Å². The number of anilines is 1. The van der Waals surface area contributed by atoms with E-state index in [0.29, 0.717) is 17.9 Å². The van der Waals surface area contributed by atoms with Crippen LogP contribution in [0.3, 0.4) is 0 Å². The van der Waals surface area contributed by atoms with E-state index in [1.165, 1.54) is 32.8 Å². The van der Waals surface area contributed by atoms with Crippen LogP contribution in [0.2, 0.25) is 0 Å². The summed E-state index contributed by atoms with van der Waals surface area (Å²) in [6.07, 6.45) is 12.7. The third-order valence-electron chi connectivity index (χ3n) is 9.90. The normalized spacial score (nSPS) is 30.2. The minimum atomic E-state index is -0.301. The highest BCUT2D eigenvalue weighted by atomic mass is 16.5. The van der Waals surface area contributed by atoms with Crippen molar-refractivity contribution in [3.63, 3.8) is 0 Å². The number of pyridine rings is 1. The lowest BCUT2D eigenvalue weighted by molar-refractivity contribution is -0.162. The number of nitrogens with zero attached hydrogens (tertiary/aromatic N) is 1. The zero-order valence-electron chi connectivity index (χ0n) is 22.5. The molecular formula is C31H42N2O3. The smallest absolute Gasteiger partial charge is 0.311 e. The summed E-state index contributed by atoms with van der Waals surface area (Å²) in [6.45, 7) is 7.06. The molecular weight excluding hydrogens is 448 g/mol. The van der Waals surface area contributed by atoms with Crippen molar-refractivity contribution >= 4 is 28.3 Å². The number of ketones is 1. The van der Waals surface area contributed by atoms with Gasteiger partial charge in [-0.05, 0) is 98.5 Å². The molecule has 0 spiro atoms. The van der Waals surface area contributed by atoms with Crippen LogP contribution in [0.25, 0.3) is 10.8 Å². The third-order valence-corrected chi connectivity index (χ3v) is 9.90. The van der Waals surface area contributed by atoms with Crippen LogP contribution < -0.4 is 5.32 Å². The Hall–Kier alpha value is -2.43. The fourth-order valence-corrected chi connectivity index (χ4v) is 7.20. The largest absolute Gasteiger partial charge is 0.469 e. The number of hydrogen-bond acceptors (Lipinski definition) is 5. The van der Waals surface area contributed by atoms with Gasteiger partial charge in [0.05, 0.1) is 12.5 Å². The zero-order chi connectivity index (χ0) is 25.6. The summed E-state index contributed by atoms with van der Waals surface area (Å²) in [5.41, 5.74) is 0.910. The van der Waals surface area contributed by atoms with Gasteiger partial charge in [-0.2, -0.15) is 0 Å².